The molecule has 1 N–H and O–H groups in total. The Labute approximate surface area is 200 Å². The van der Waals surface area contributed by atoms with Gasteiger partial charge in [0.25, 0.3) is 5.91 Å². The highest BCUT2D eigenvalue weighted by Crippen LogP contribution is 2.27. The Bertz CT molecular complexity index is 1450. The Balaban J connectivity index is 1.31. The van der Waals surface area contributed by atoms with Crippen LogP contribution in [-0.2, 0) is 4.79 Å². The standard InChI is InChI=1S/C26H20N6OS/c33-23(29-28-17-21-12-7-11-19-13-8-16-27-24(19)21)18-34-26-31-30-25(20-9-3-1-4-10-20)32(26)22-14-5-2-6-15-22/h1-17H,18H2,(H,29,33)/b28-17+. The quantitative estimate of drug-likeness (QED) is 0.214. The molecule has 5 rings (SSSR count). The lowest BCUT2D eigenvalue weighted by atomic mass is 10.1. The van der Waals surface area contributed by atoms with E-state index in [1.165, 1.54) is 11.8 Å². The molecule has 0 unspecified atom stereocenters. The Morgan fingerprint density at radius 3 is 2.50 bits per heavy atom. The molecule has 2 heterocycles. The van der Waals surface area contributed by atoms with Crippen molar-refractivity contribution < 1.29 is 4.79 Å². The zero-order chi connectivity index (χ0) is 23.2. The molecule has 7 nitrogen and oxygen atoms in total. The van der Waals surface area contributed by atoms with Crippen LogP contribution in [-0.4, -0.2) is 37.6 Å². The highest BCUT2D eigenvalue weighted by Gasteiger charge is 2.17. The van der Waals surface area contributed by atoms with Gasteiger partial charge in [-0.25, -0.2) is 5.43 Å². The molecule has 0 fully saturated rings. The Kier molecular flexibility index (Phi) is 6.40. The van der Waals surface area contributed by atoms with Gasteiger partial charge in [-0.3, -0.25) is 14.3 Å². The number of hydrazone groups is 1. The number of thioether (sulfide) groups is 1. The predicted octanol–water partition coefficient (Wildman–Crippen LogP) is 4.72. The van der Waals surface area contributed by atoms with Crippen LogP contribution in [0.4, 0.5) is 0 Å². The lowest BCUT2D eigenvalue weighted by molar-refractivity contribution is -0.118. The molecular weight excluding hydrogens is 444 g/mol. The lowest BCUT2D eigenvalue weighted by Gasteiger charge is -2.10. The van der Waals surface area contributed by atoms with Gasteiger partial charge in [0.2, 0.25) is 0 Å². The first-order valence-electron chi connectivity index (χ1n) is 10.6. The van der Waals surface area contributed by atoms with Crippen molar-refractivity contribution in [2.24, 2.45) is 5.10 Å². The van der Waals surface area contributed by atoms with E-state index >= 15 is 0 Å². The van der Waals surface area contributed by atoms with Gasteiger partial charge in [0.15, 0.2) is 11.0 Å². The van der Waals surface area contributed by atoms with E-state index in [0.29, 0.717) is 5.16 Å². The van der Waals surface area contributed by atoms with Crippen molar-refractivity contribution in [3.8, 4) is 17.1 Å². The van der Waals surface area contributed by atoms with Crippen LogP contribution in [0.3, 0.4) is 0 Å². The number of pyridine rings is 1. The van der Waals surface area contributed by atoms with Crippen LogP contribution < -0.4 is 5.43 Å². The van der Waals surface area contributed by atoms with Gasteiger partial charge in [0, 0.05) is 28.4 Å². The molecule has 166 valence electrons. The number of rotatable bonds is 7. The second-order valence-corrected chi connectivity index (χ2v) is 8.29. The number of nitrogens with one attached hydrogen (secondary N) is 1. The fraction of sp³-hybridized carbons (Fsp3) is 0.0385. The second kappa shape index (κ2) is 10.1. The first-order valence-corrected chi connectivity index (χ1v) is 11.6. The topological polar surface area (TPSA) is 85.1 Å². The van der Waals surface area contributed by atoms with E-state index in [1.54, 1.807) is 12.4 Å². The largest absolute Gasteiger partial charge is 0.272 e. The number of para-hydroxylation sites is 2. The van der Waals surface area contributed by atoms with Crippen LogP contribution in [0.15, 0.2) is 107 Å². The normalized spacial score (nSPS) is 11.2. The van der Waals surface area contributed by atoms with Gasteiger partial charge in [0.1, 0.15) is 0 Å². The lowest BCUT2D eigenvalue weighted by Crippen LogP contribution is -2.20. The number of hydrogen-bond acceptors (Lipinski definition) is 6. The molecule has 2 aromatic heterocycles. The van der Waals surface area contributed by atoms with Gasteiger partial charge in [-0.05, 0) is 18.2 Å². The third-order valence-corrected chi connectivity index (χ3v) is 6.00. The fourth-order valence-corrected chi connectivity index (χ4v) is 4.26. The van der Waals surface area contributed by atoms with E-state index in [9.17, 15) is 4.79 Å². The number of hydrogen-bond donors (Lipinski definition) is 1. The van der Waals surface area contributed by atoms with E-state index in [0.717, 1.165) is 33.5 Å². The molecule has 0 saturated heterocycles. The molecular formula is C26H20N6OS. The molecule has 0 saturated carbocycles. The zero-order valence-electron chi connectivity index (χ0n) is 18.1. The summed E-state index contributed by atoms with van der Waals surface area (Å²) in [5, 5.41) is 14.5. The molecule has 0 aliphatic carbocycles. The minimum atomic E-state index is -0.238. The summed E-state index contributed by atoms with van der Waals surface area (Å²) < 4.78 is 1.96. The first kappa shape index (κ1) is 21.5. The van der Waals surface area contributed by atoms with Gasteiger partial charge >= 0.3 is 0 Å². The van der Waals surface area contributed by atoms with E-state index in [1.807, 2.05) is 95.6 Å². The van der Waals surface area contributed by atoms with Gasteiger partial charge in [-0.15, -0.1) is 10.2 Å². The molecule has 5 aromatic rings. The predicted molar refractivity (Wildman–Crippen MR) is 135 cm³/mol. The third kappa shape index (κ3) is 4.72. The number of carbonyl (C=O) groups excluding carboxylic acids is 1. The fourth-order valence-electron chi connectivity index (χ4n) is 3.52. The average Bonchev–Trinajstić information content (AvgIpc) is 3.33. The summed E-state index contributed by atoms with van der Waals surface area (Å²) in [6.07, 6.45) is 3.35. The molecule has 8 heteroatoms. The third-order valence-electron chi connectivity index (χ3n) is 5.07. The van der Waals surface area contributed by atoms with Crippen LogP contribution in [0.1, 0.15) is 5.56 Å². The maximum absolute atomic E-state index is 12.5. The summed E-state index contributed by atoms with van der Waals surface area (Å²) in [6.45, 7) is 0. The number of nitrogens with zero attached hydrogens (tertiary/aromatic N) is 5. The van der Waals surface area contributed by atoms with E-state index in [4.69, 9.17) is 0 Å². The van der Waals surface area contributed by atoms with Crippen molar-refractivity contribution in [1.82, 2.24) is 25.2 Å². The summed E-state index contributed by atoms with van der Waals surface area (Å²) in [7, 11) is 0. The van der Waals surface area contributed by atoms with Gasteiger partial charge in [-0.1, -0.05) is 84.6 Å². The smallest absolute Gasteiger partial charge is 0.250 e. The average molecular weight is 465 g/mol. The van der Waals surface area contributed by atoms with Crippen LogP contribution in [0.2, 0.25) is 0 Å². The van der Waals surface area contributed by atoms with Crippen LogP contribution in [0, 0.1) is 0 Å². The molecule has 0 atom stereocenters. The summed E-state index contributed by atoms with van der Waals surface area (Å²) in [5.74, 6) is 0.625. The van der Waals surface area contributed by atoms with Crippen LogP contribution in [0.25, 0.3) is 28.0 Å². The summed E-state index contributed by atoms with van der Waals surface area (Å²) in [4.78, 5) is 16.9. The Hall–Kier alpha value is -4.30. The number of amides is 1. The van der Waals surface area contributed by atoms with E-state index < -0.39 is 0 Å². The van der Waals surface area contributed by atoms with Gasteiger partial charge in [0.05, 0.1) is 17.5 Å². The highest BCUT2D eigenvalue weighted by molar-refractivity contribution is 7.99. The van der Waals surface area contributed by atoms with Crippen molar-refractivity contribution in [1.29, 1.82) is 0 Å². The first-order chi connectivity index (χ1) is 16.8. The summed E-state index contributed by atoms with van der Waals surface area (Å²) >= 11 is 1.31. The summed E-state index contributed by atoms with van der Waals surface area (Å²) in [6, 6.07) is 29.4. The number of benzene rings is 3. The Morgan fingerprint density at radius 2 is 1.68 bits per heavy atom. The molecule has 1 amide bonds. The van der Waals surface area contributed by atoms with Crippen molar-refractivity contribution in [3.05, 3.63) is 103 Å². The number of fused-ring (bicyclic) bond motifs is 1. The van der Waals surface area contributed by atoms with E-state index in [2.05, 4.69) is 25.7 Å². The minimum absolute atomic E-state index is 0.144. The molecule has 0 bridgehead atoms. The van der Waals surface area contributed by atoms with Crippen molar-refractivity contribution in [2.75, 3.05) is 5.75 Å². The molecule has 0 aliphatic heterocycles. The van der Waals surface area contributed by atoms with E-state index in [-0.39, 0.29) is 11.7 Å². The highest BCUT2D eigenvalue weighted by atomic mass is 32.2. The molecule has 3 aromatic carbocycles. The SMILES string of the molecule is O=C(CSc1nnc(-c2ccccc2)n1-c1ccccc1)N/N=C/c1cccc2cccnc12. The van der Waals surface area contributed by atoms with Gasteiger partial charge in [-0.2, -0.15) is 5.10 Å². The Morgan fingerprint density at radius 1 is 0.912 bits per heavy atom. The van der Waals surface area contributed by atoms with Crippen molar-refractivity contribution >= 4 is 34.8 Å². The van der Waals surface area contributed by atoms with Gasteiger partial charge < -0.3 is 0 Å². The second-order valence-electron chi connectivity index (χ2n) is 7.35. The monoisotopic (exact) mass is 464 g/mol. The molecule has 34 heavy (non-hydrogen) atoms. The molecule has 0 spiro atoms. The molecule has 0 aliphatic rings. The van der Waals surface area contributed by atoms with Crippen LogP contribution in [0.5, 0.6) is 0 Å². The minimum Gasteiger partial charge on any atom is -0.272 e. The number of aromatic nitrogens is 4. The maximum atomic E-state index is 12.5. The van der Waals surface area contributed by atoms with Crippen molar-refractivity contribution in [3.63, 3.8) is 0 Å². The summed E-state index contributed by atoms with van der Waals surface area (Å²) in [5.41, 5.74) is 6.13. The zero-order valence-corrected chi connectivity index (χ0v) is 18.9. The molecule has 0 radical (unpaired) electrons. The number of carbonyl (C=O) groups is 1. The van der Waals surface area contributed by atoms with Crippen LogP contribution >= 0.6 is 11.8 Å². The van der Waals surface area contributed by atoms with Crippen molar-refractivity contribution in [2.45, 2.75) is 5.16 Å². The maximum Gasteiger partial charge on any atom is 0.250 e.